The molecule has 0 radical (unpaired) electrons. The second-order valence-electron chi connectivity index (χ2n) is 20.3. The lowest BCUT2D eigenvalue weighted by Gasteiger charge is -2.45. The molecule has 0 spiro atoms. The first-order valence-corrected chi connectivity index (χ1v) is 22.6. The van der Waals surface area contributed by atoms with Crippen LogP contribution in [0.5, 0.6) is 0 Å². The number of nitrogens with zero attached hydrogens (tertiary/aromatic N) is 3. The average molecular weight is 816 g/mol. The molecule has 11 rings (SSSR count). The summed E-state index contributed by atoms with van der Waals surface area (Å²) in [7, 11) is 0. The van der Waals surface area contributed by atoms with Crippen molar-refractivity contribution in [2.24, 2.45) is 0 Å². The van der Waals surface area contributed by atoms with Gasteiger partial charge in [-0.1, -0.05) is 159 Å². The van der Waals surface area contributed by atoms with Crippen LogP contribution in [-0.2, 0) is 16.2 Å². The highest BCUT2D eigenvalue weighted by Gasteiger charge is 2.44. The van der Waals surface area contributed by atoms with E-state index in [-0.39, 0.29) is 23.0 Å². The molecule has 0 aromatic heterocycles. The molecule has 3 nitrogen and oxygen atoms in total. The maximum absolute atomic E-state index is 2.56. The Morgan fingerprint density at radius 3 is 1.63 bits per heavy atom. The van der Waals surface area contributed by atoms with Gasteiger partial charge in [0.15, 0.2) is 0 Å². The van der Waals surface area contributed by atoms with Crippen LogP contribution in [0.2, 0.25) is 0 Å². The maximum Gasteiger partial charge on any atom is 0.252 e. The van der Waals surface area contributed by atoms with Gasteiger partial charge in [0.1, 0.15) is 0 Å². The van der Waals surface area contributed by atoms with Crippen molar-refractivity contribution >= 4 is 74.3 Å². The van der Waals surface area contributed by atoms with Crippen LogP contribution in [0, 0.1) is 0 Å². The quantitative estimate of drug-likeness (QED) is 0.160. The van der Waals surface area contributed by atoms with Crippen LogP contribution >= 0.6 is 0 Å². The predicted octanol–water partition coefficient (Wildman–Crippen LogP) is 14.1. The third kappa shape index (κ3) is 6.17. The molecule has 4 heteroatoms. The number of fused-ring (bicyclic) bond motifs is 7. The molecule has 2 aliphatic heterocycles. The summed E-state index contributed by atoms with van der Waals surface area (Å²) in [6.45, 7) is 18.7. The molecule has 308 valence electrons. The van der Waals surface area contributed by atoms with Gasteiger partial charge in [0.25, 0.3) is 6.71 Å². The molecule has 3 aliphatic rings. The Morgan fingerprint density at radius 1 is 0.413 bits per heavy atom. The summed E-state index contributed by atoms with van der Waals surface area (Å²) in [6.07, 6.45) is 0. The van der Waals surface area contributed by atoms with Crippen molar-refractivity contribution in [3.63, 3.8) is 0 Å². The smallest absolute Gasteiger partial charge is 0.252 e. The molecule has 8 aromatic rings. The molecule has 8 aromatic carbocycles. The topological polar surface area (TPSA) is 9.72 Å². The van der Waals surface area contributed by atoms with Gasteiger partial charge in [-0.05, 0) is 139 Å². The first-order chi connectivity index (χ1) is 30.3. The predicted molar refractivity (Wildman–Crippen MR) is 270 cm³/mol. The van der Waals surface area contributed by atoms with Gasteiger partial charge in [-0.25, -0.2) is 0 Å². The zero-order valence-electron chi connectivity index (χ0n) is 37.7. The van der Waals surface area contributed by atoms with E-state index in [1.165, 1.54) is 78.2 Å². The van der Waals surface area contributed by atoms with Crippen molar-refractivity contribution in [2.45, 2.75) is 71.6 Å². The summed E-state index contributed by atoms with van der Waals surface area (Å²) in [5, 5.41) is 0. The van der Waals surface area contributed by atoms with Crippen LogP contribution in [0.1, 0.15) is 77.6 Å². The van der Waals surface area contributed by atoms with E-state index in [0.29, 0.717) is 0 Å². The van der Waals surface area contributed by atoms with E-state index in [2.05, 4.69) is 252 Å². The number of hydrogen-bond donors (Lipinski definition) is 0. The van der Waals surface area contributed by atoms with Crippen molar-refractivity contribution in [2.75, 3.05) is 14.7 Å². The largest absolute Gasteiger partial charge is 0.311 e. The molecule has 0 bridgehead atoms. The standard InChI is InChI=1S/C59H54BN3/c1-57(2,3)39-26-29-43(30-27-39)62-53-24-17-25-54-56(53)60(50-34-32-45(38-55(50)62)61(41-18-11-9-12-19-41)42-20-13-10-14-21-42)51-36-40(58(4,5)6)28-35-52(51)63(54)44-31-33-47-46-22-15-16-23-48(46)59(7,8)49(47)37-44/h9-38H,1-8H3. The monoisotopic (exact) mass is 815 g/mol. The molecule has 0 fully saturated rings. The fourth-order valence-electron chi connectivity index (χ4n) is 10.6. The Bertz CT molecular complexity index is 3020. The Hall–Kier alpha value is -6.78. The Labute approximate surface area is 374 Å². The zero-order chi connectivity index (χ0) is 43.4. The van der Waals surface area contributed by atoms with Crippen molar-refractivity contribution in [1.82, 2.24) is 0 Å². The lowest BCUT2D eigenvalue weighted by Crippen LogP contribution is -2.61. The molecule has 63 heavy (non-hydrogen) atoms. The first-order valence-electron chi connectivity index (χ1n) is 22.6. The van der Waals surface area contributed by atoms with Gasteiger partial charge in [-0.3, -0.25) is 0 Å². The van der Waals surface area contributed by atoms with E-state index >= 15 is 0 Å². The Kier molecular flexibility index (Phi) is 8.77. The highest BCUT2D eigenvalue weighted by atomic mass is 15.2. The average Bonchev–Trinajstić information content (AvgIpc) is 3.51. The Morgan fingerprint density at radius 2 is 0.984 bits per heavy atom. The molecule has 0 unspecified atom stereocenters. The molecule has 0 saturated heterocycles. The lowest BCUT2D eigenvalue weighted by molar-refractivity contribution is 0.590. The van der Waals surface area contributed by atoms with Gasteiger partial charge in [0.2, 0.25) is 0 Å². The number of benzene rings is 8. The molecule has 1 aliphatic carbocycles. The number of rotatable bonds is 5. The van der Waals surface area contributed by atoms with Gasteiger partial charge >= 0.3 is 0 Å². The molecule has 0 amide bonds. The van der Waals surface area contributed by atoms with Gasteiger partial charge < -0.3 is 14.7 Å². The summed E-state index contributed by atoms with van der Waals surface area (Å²) in [4.78, 5) is 7.48. The lowest BCUT2D eigenvalue weighted by atomic mass is 9.33. The van der Waals surface area contributed by atoms with Gasteiger partial charge in [-0.2, -0.15) is 0 Å². The molecule has 0 atom stereocenters. The summed E-state index contributed by atoms with van der Waals surface area (Å²) in [5.41, 5.74) is 22.5. The normalized spacial score (nSPS) is 14.4. The van der Waals surface area contributed by atoms with Crippen LogP contribution in [0.3, 0.4) is 0 Å². The van der Waals surface area contributed by atoms with E-state index in [0.717, 1.165) is 22.7 Å². The van der Waals surface area contributed by atoms with Crippen LogP contribution in [0.4, 0.5) is 51.2 Å². The summed E-state index contributed by atoms with van der Waals surface area (Å²) >= 11 is 0. The molecular formula is C59H54BN3. The van der Waals surface area contributed by atoms with Crippen molar-refractivity contribution in [3.8, 4) is 11.1 Å². The molecule has 2 heterocycles. The van der Waals surface area contributed by atoms with Crippen molar-refractivity contribution in [1.29, 1.82) is 0 Å². The van der Waals surface area contributed by atoms with Gasteiger partial charge in [0.05, 0.1) is 0 Å². The van der Waals surface area contributed by atoms with Crippen molar-refractivity contribution in [3.05, 3.63) is 204 Å². The van der Waals surface area contributed by atoms with E-state index in [1.807, 2.05) is 0 Å². The summed E-state index contributed by atoms with van der Waals surface area (Å²) in [5.74, 6) is 0. The highest BCUT2D eigenvalue weighted by Crippen LogP contribution is 2.52. The number of para-hydroxylation sites is 2. The SMILES string of the molecule is CC(C)(C)c1ccc(N2c3cc(N(c4ccccc4)c4ccccc4)ccc3B3c4cc(C(C)(C)C)ccc4N(c4ccc5c(c4)C(C)(C)c4ccccc4-5)c4cccc2c43)cc1. The fraction of sp³-hybridized carbons (Fsp3) is 0.186. The van der Waals surface area contributed by atoms with E-state index in [9.17, 15) is 0 Å². The number of hydrogen-bond acceptors (Lipinski definition) is 3. The second-order valence-corrected chi connectivity index (χ2v) is 20.3. The van der Waals surface area contributed by atoms with E-state index in [1.54, 1.807) is 0 Å². The van der Waals surface area contributed by atoms with Crippen LogP contribution in [-0.4, -0.2) is 6.71 Å². The van der Waals surface area contributed by atoms with Crippen LogP contribution < -0.4 is 31.1 Å². The molecule has 0 N–H and O–H groups in total. The zero-order valence-corrected chi connectivity index (χ0v) is 37.7. The minimum Gasteiger partial charge on any atom is -0.311 e. The maximum atomic E-state index is 2.56. The minimum absolute atomic E-state index is 0.0101. The molecule has 0 saturated carbocycles. The van der Waals surface area contributed by atoms with Crippen molar-refractivity contribution < 1.29 is 0 Å². The number of anilines is 9. The Balaban J connectivity index is 1.17. The second kappa shape index (κ2) is 14.1. The third-order valence-corrected chi connectivity index (χ3v) is 13.9. The molecular weight excluding hydrogens is 761 g/mol. The third-order valence-electron chi connectivity index (χ3n) is 13.9. The van der Waals surface area contributed by atoms with E-state index < -0.39 is 0 Å². The first kappa shape index (κ1) is 39.1. The highest BCUT2D eigenvalue weighted by molar-refractivity contribution is 7.00. The van der Waals surface area contributed by atoms with Crippen LogP contribution in [0.25, 0.3) is 11.1 Å². The summed E-state index contributed by atoms with van der Waals surface area (Å²) in [6, 6.07) is 68.4. The van der Waals surface area contributed by atoms with E-state index in [4.69, 9.17) is 0 Å². The van der Waals surface area contributed by atoms with Crippen LogP contribution in [0.15, 0.2) is 182 Å². The minimum atomic E-state index is -0.116. The fourth-order valence-corrected chi connectivity index (χ4v) is 10.6. The summed E-state index contributed by atoms with van der Waals surface area (Å²) < 4.78 is 0. The van der Waals surface area contributed by atoms with Gasteiger partial charge in [0, 0.05) is 56.6 Å². The van der Waals surface area contributed by atoms with Gasteiger partial charge in [-0.15, -0.1) is 0 Å².